The second-order valence-electron chi connectivity index (χ2n) is 5.79. The first-order valence-electron chi connectivity index (χ1n) is 7.45. The van der Waals surface area contributed by atoms with Gasteiger partial charge in [-0.25, -0.2) is 0 Å². The number of carbonyl (C=O) groups excluding carboxylic acids is 1. The molecule has 18 heavy (non-hydrogen) atoms. The van der Waals surface area contributed by atoms with E-state index in [1.54, 1.807) is 0 Å². The number of aliphatic hydroxyl groups is 1. The van der Waals surface area contributed by atoms with Crippen molar-refractivity contribution < 1.29 is 9.90 Å². The zero-order valence-corrected chi connectivity index (χ0v) is 11.2. The second-order valence-corrected chi connectivity index (χ2v) is 5.79. The molecule has 2 rings (SSSR count). The van der Waals surface area contributed by atoms with E-state index < -0.39 is 0 Å². The summed E-state index contributed by atoms with van der Waals surface area (Å²) in [6, 6.07) is 0.000939. The molecule has 3 atom stereocenters. The van der Waals surface area contributed by atoms with Crippen molar-refractivity contribution in [2.24, 2.45) is 5.92 Å². The van der Waals surface area contributed by atoms with E-state index in [0.29, 0.717) is 5.92 Å². The van der Waals surface area contributed by atoms with Crippen LogP contribution in [0.5, 0.6) is 0 Å². The molecule has 0 aromatic heterocycles. The summed E-state index contributed by atoms with van der Waals surface area (Å²) in [7, 11) is 0. The van der Waals surface area contributed by atoms with Crippen LogP contribution in [0.4, 0.5) is 0 Å². The Bertz CT molecular complexity index is 263. The molecule has 2 aliphatic rings. The monoisotopic (exact) mass is 254 g/mol. The number of aliphatic hydroxyl groups excluding tert-OH is 1. The van der Waals surface area contributed by atoms with Crippen LogP contribution in [0.3, 0.4) is 0 Å². The van der Waals surface area contributed by atoms with Crippen molar-refractivity contribution in [1.29, 1.82) is 0 Å². The van der Waals surface area contributed by atoms with Gasteiger partial charge in [0.1, 0.15) is 0 Å². The van der Waals surface area contributed by atoms with Gasteiger partial charge in [0.25, 0.3) is 0 Å². The van der Waals surface area contributed by atoms with E-state index in [-0.39, 0.29) is 18.1 Å². The second kappa shape index (κ2) is 7.10. The highest BCUT2D eigenvalue weighted by molar-refractivity contribution is 5.81. The minimum Gasteiger partial charge on any atom is -0.393 e. The number of amides is 1. The molecule has 1 amide bonds. The van der Waals surface area contributed by atoms with E-state index in [9.17, 15) is 9.90 Å². The highest BCUT2D eigenvalue weighted by Gasteiger charge is 2.23. The predicted molar refractivity (Wildman–Crippen MR) is 71.2 cm³/mol. The highest BCUT2D eigenvalue weighted by atomic mass is 16.3. The molecule has 4 heteroatoms. The van der Waals surface area contributed by atoms with Crippen molar-refractivity contribution >= 4 is 5.91 Å². The number of nitrogens with one attached hydrogen (secondary N) is 2. The molecule has 1 saturated carbocycles. The SMILES string of the molecule is O=C(NCC1CCCC(O)C1)C1CCCCCN1. The van der Waals surface area contributed by atoms with Crippen LogP contribution in [0.15, 0.2) is 0 Å². The van der Waals surface area contributed by atoms with Crippen LogP contribution >= 0.6 is 0 Å². The minimum atomic E-state index is -0.156. The number of carbonyl (C=O) groups is 1. The Morgan fingerprint density at radius 1 is 1.17 bits per heavy atom. The lowest BCUT2D eigenvalue weighted by Crippen LogP contribution is -2.45. The molecule has 3 unspecified atom stereocenters. The van der Waals surface area contributed by atoms with Gasteiger partial charge < -0.3 is 15.7 Å². The summed E-state index contributed by atoms with van der Waals surface area (Å²) in [5, 5.41) is 16.0. The van der Waals surface area contributed by atoms with E-state index >= 15 is 0 Å². The van der Waals surface area contributed by atoms with Gasteiger partial charge in [-0.05, 0) is 44.6 Å². The first-order valence-corrected chi connectivity index (χ1v) is 7.45. The molecule has 0 aromatic carbocycles. The van der Waals surface area contributed by atoms with Gasteiger partial charge in [-0.2, -0.15) is 0 Å². The molecule has 0 aromatic rings. The molecule has 1 heterocycles. The van der Waals surface area contributed by atoms with E-state index in [1.807, 2.05) is 0 Å². The lowest BCUT2D eigenvalue weighted by atomic mass is 9.87. The molecule has 1 aliphatic heterocycles. The van der Waals surface area contributed by atoms with Gasteiger partial charge in [0.15, 0.2) is 0 Å². The smallest absolute Gasteiger partial charge is 0.237 e. The fourth-order valence-electron chi connectivity index (χ4n) is 3.07. The minimum absolute atomic E-state index is 0.000939. The Hall–Kier alpha value is -0.610. The summed E-state index contributed by atoms with van der Waals surface area (Å²) in [5.41, 5.74) is 0. The fraction of sp³-hybridized carbons (Fsp3) is 0.929. The quantitative estimate of drug-likeness (QED) is 0.709. The Balaban J connectivity index is 1.70. The van der Waals surface area contributed by atoms with Gasteiger partial charge in [0, 0.05) is 6.54 Å². The Morgan fingerprint density at radius 2 is 2.06 bits per heavy atom. The Morgan fingerprint density at radius 3 is 2.89 bits per heavy atom. The summed E-state index contributed by atoms with van der Waals surface area (Å²) in [5.74, 6) is 0.612. The summed E-state index contributed by atoms with van der Waals surface area (Å²) < 4.78 is 0. The zero-order chi connectivity index (χ0) is 12.8. The topological polar surface area (TPSA) is 61.4 Å². The van der Waals surface area contributed by atoms with Crippen molar-refractivity contribution in [3.63, 3.8) is 0 Å². The standard InChI is InChI=1S/C14H26N2O2/c17-12-6-4-5-11(9-12)10-16-14(18)13-7-2-1-3-8-15-13/h11-13,15,17H,1-10H2,(H,16,18). The third-order valence-corrected chi connectivity index (χ3v) is 4.20. The third-order valence-electron chi connectivity index (χ3n) is 4.20. The Kier molecular flexibility index (Phi) is 5.45. The van der Waals surface area contributed by atoms with E-state index in [0.717, 1.165) is 51.6 Å². The number of hydrogen-bond donors (Lipinski definition) is 3. The molecular formula is C14H26N2O2. The van der Waals surface area contributed by atoms with Crippen LogP contribution in [-0.2, 0) is 4.79 Å². The summed E-state index contributed by atoms with van der Waals surface area (Å²) in [6.45, 7) is 1.69. The first kappa shape index (κ1) is 13.8. The molecule has 1 saturated heterocycles. The third kappa shape index (κ3) is 4.25. The van der Waals surface area contributed by atoms with Crippen LogP contribution in [0.1, 0.15) is 51.4 Å². The molecule has 3 N–H and O–H groups in total. The maximum Gasteiger partial charge on any atom is 0.237 e. The lowest BCUT2D eigenvalue weighted by molar-refractivity contribution is -0.123. The largest absolute Gasteiger partial charge is 0.393 e. The van der Waals surface area contributed by atoms with E-state index in [4.69, 9.17) is 0 Å². The van der Waals surface area contributed by atoms with Crippen molar-refractivity contribution in [2.75, 3.05) is 13.1 Å². The number of rotatable bonds is 3. The van der Waals surface area contributed by atoms with Crippen LogP contribution in [-0.4, -0.2) is 36.2 Å². The maximum absolute atomic E-state index is 12.0. The van der Waals surface area contributed by atoms with Crippen LogP contribution in [0.25, 0.3) is 0 Å². The highest BCUT2D eigenvalue weighted by Crippen LogP contribution is 2.23. The molecule has 0 bridgehead atoms. The molecule has 2 fully saturated rings. The van der Waals surface area contributed by atoms with E-state index in [2.05, 4.69) is 10.6 Å². The summed E-state index contributed by atoms with van der Waals surface area (Å²) in [6.07, 6.45) is 8.35. The summed E-state index contributed by atoms with van der Waals surface area (Å²) in [4.78, 5) is 12.0. The molecule has 0 radical (unpaired) electrons. The molecule has 1 aliphatic carbocycles. The molecular weight excluding hydrogens is 228 g/mol. The molecule has 104 valence electrons. The average Bonchev–Trinajstić information content (AvgIpc) is 2.65. The first-order chi connectivity index (χ1) is 8.75. The molecule has 0 spiro atoms. The molecule has 4 nitrogen and oxygen atoms in total. The van der Waals surface area contributed by atoms with Crippen molar-refractivity contribution in [3.05, 3.63) is 0 Å². The van der Waals surface area contributed by atoms with Crippen LogP contribution in [0, 0.1) is 5.92 Å². The van der Waals surface area contributed by atoms with Gasteiger partial charge in [-0.3, -0.25) is 4.79 Å². The predicted octanol–water partition coefficient (Wildman–Crippen LogP) is 1.19. The van der Waals surface area contributed by atoms with E-state index in [1.165, 1.54) is 12.8 Å². The van der Waals surface area contributed by atoms with Gasteiger partial charge in [0.05, 0.1) is 12.1 Å². The van der Waals surface area contributed by atoms with Gasteiger partial charge in [0.2, 0.25) is 5.91 Å². The van der Waals surface area contributed by atoms with Gasteiger partial charge in [-0.15, -0.1) is 0 Å². The van der Waals surface area contributed by atoms with Gasteiger partial charge in [-0.1, -0.05) is 19.3 Å². The van der Waals surface area contributed by atoms with Gasteiger partial charge >= 0.3 is 0 Å². The average molecular weight is 254 g/mol. The Labute approximate surface area is 110 Å². The van der Waals surface area contributed by atoms with Crippen molar-refractivity contribution in [3.8, 4) is 0 Å². The van der Waals surface area contributed by atoms with Crippen molar-refractivity contribution in [2.45, 2.75) is 63.5 Å². The van der Waals surface area contributed by atoms with Crippen LogP contribution < -0.4 is 10.6 Å². The normalized spacial score (nSPS) is 33.7. The summed E-state index contributed by atoms with van der Waals surface area (Å²) >= 11 is 0. The number of hydrogen-bond acceptors (Lipinski definition) is 3. The fourth-order valence-corrected chi connectivity index (χ4v) is 3.07. The van der Waals surface area contributed by atoms with Crippen LogP contribution in [0.2, 0.25) is 0 Å². The lowest BCUT2D eigenvalue weighted by Gasteiger charge is -2.26. The zero-order valence-electron chi connectivity index (χ0n) is 11.2. The van der Waals surface area contributed by atoms with Crippen molar-refractivity contribution in [1.82, 2.24) is 10.6 Å². The maximum atomic E-state index is 12.0.